The Morgan fingerprint density at radius 1 is 0.793 bits per heavy atom. The second-order valence-electron chi connectivity index (χ2n) is 7.53. The Hall–Kier alpha value is -3.11. The van der Waals surface area contributed by atoms with E-state index in [0.717, 1.165) is 37.4 Å². The van der Waals surface area contributed by atoms with Gasteiger partial charge >= 0.3 is 0 Å². The lowest BCUT2D eigenvalue weighted by atomic mass is 10.0. The van der Waals surface area contributed by atoms with E-state index in [0.29, 0.717) is 0 Å². The lowest BCUT2D eigenvalue weighted by Gasteiger charge is -2.39. The van der Waals surface area contributed by atoms with Crippen molar-refractivity contribution >= 4 is 17.3 Å². The fourth-order valence-corrected chi connectivity index (χ4v) is 3.89. The van der Waals surface area contributed by atoms with Crippen LogP contribution in [0.5, 0.6) is 0 Å². The maximum absolute atomic E-state index is 13.3. The fourth-order valence-electron chi connectivity index (χ4n) is 3.89. The second-order valence-corrected chi connectivity index (χ2v) is 7.53. The molecule has 0 unspecified atom stereocenters. The summed E-state index contributed by atoms with van der Waals surface area (Å²) in [4.78, 5) is 18.0. The predicted molar refractivity (Wildman–Crippen MR) is 119 cm³/mol. The monoisotopic (exact) mass is 385 g/mol. The van der Waals surface area contributed by atoms with Crippen LogP contribution in [0.2, 0.25) is 0 Å². The molecule has 1 aliphatic rings. The Labute approximate surface area is 172 Å². The maximum Gasteiger partial charge on any atom is 0.246 e. The van der Waals surface area contributed by atoms with Crippen LogP contribution in [0, 0.1) is 6.92 Å². The van der Waals surface area contributed by atoms with Gasteiger partial charge in [0.25, 0.3) is 0 Å². The summed E-state index contributed by atoms with van der Waals surface area (Å²) in [7, 11) is 0. The maximum atomic E-state index is 13.3. The molecule has 1 atom stereocenters. The number of nitrogens with one attached hydrogen (secondary N) is 1. The minimum Gasteiger partial charge on any atom is -0.369 e. The van der Waals surface area contributed by atoms with Gasteiger partial charge in [-0.05, 0) is 36.8 Å². The number of carbonyl (C=O) groups is 1. The van der Waals surface area contributed by atoms with Gasteiger partial charge in [0.1, 0.15) is 6.04 Å². The number of piperazine rings is 1. The number of hydrogen-bond donors (Lipinski definition) is 1. The van der Waals surface area contributed by atoms with Crippen LogP contribution in [0.1, 0.15) is 17.2 Å². The molecule has 0 spiro atoms. The van der Waals surface area contributed by atoms with Crippen molar-refractivity contribution in [3.8, 4) is 0 Å². The van der Waals surface area contributed by atoms with E-state index in [1.807, 2.05) is 67.6 Å². The van der Waals surface area contributed by atoms with Gasteiger partial charge in [0.2, 0.25) is 5.91 Å². The second kappa shape index (κ2) is 8.93. The summed E-state index contributed by atoms with van der Waals surface area (Å²) in [5, 5.41) is 3.11. The van der Waals surface area contributed by atoms with Gasteiger partial charge < -0.3 is 10.2 Å². The highest BCUT2D eigenvalue weighted by Crippen LogP contribution is 2.26. The Bertz CT molecular complexity index is 917. The van der Waals surface area contributed by atoms with Crippen LogP contribution in [-0.4, -0.2) is 37.0 Å². The van der Waals surface area contributed by atoms with E-state index < -0.39 is 0 Å². The van der Waals surface area contributed by atoms with Crippen molar-refractivity contribution in [2.75, 3.05) is 36.4 Å². The Balaban J connectivity index is 1.51. The highest BCUT2D eigenvalue weighted by molar-refractivity contribution is 5.95. The van der Waals surface area contributed by atoms with Gasteiger partial charge in [-0.25, -0.2) is 0 Å². The van der Waals surface area contributed by atoms with E-state index in [9.17, 15) is 4.79 Å². The predicted octanol–water partition coefficient (Wildman–Crippen LogP) is 4.50. The number of carbonyl (C=O) groups excluding carboxylic acids is 1. The first-order valence-corrected chi connectivity index (χ1v) is 10.2. The molecular formula is C25H27N3O. The van der Waals surface area contributed by atoms with E-state index in [-0.39, 0.29) is 11.9 Å². The zero-order valence-corrected chi connectivity index (χ0v) is 16.8. The van der Waals surface area contributed by atoms with Crippen molar-refractivity contribution in [2.45, 2.75) is 13.0 Å². The summed E-state index contributed by atoms with van der Waals surface area (Å²) in [6.07, 6.45) is 0. The van der Waals surface area contributed by atoms with Crippen molar-refractivity contribution in [1.82, 2.24) is 4.90 Å². The highest BCUT2D eigenvalue weighted by Gasteiger charge is 2.30. The van der Waals surface area contributed by atoms with Crippen LogP contribution in [0.3, 0.4) is 0 Å². The van der Waals surface area contributed by atoms with E-state index in [1.54, 1.807) is 0 Å². The van der Waals surface area contributed by atoms with Crippen LogP contribution < -0.4 is 10.2 Å². The molecule has 4 rings (SSSR count). The van der Waals surface area contributed by atoms with Crippen molar-refractivity contribution in [1.29, 1.82) is 0 Å². The molecule has 1 amide bonds. The smallest absolute Gasteiger partial charge is 0.246 e. The standard InChI is InChI=1S/C25H27N3O/c1-20-12-14-22(15-13-20)26-25(29)24(21-8-4-2-5-9-21)28-18-16-27(17-19-28)23-10-6-3-7-11-23/h2-15,24H,16-19H2,1H3,(H,26,29)/t24-/m0/s1. The number of anilines is 2. The van der Waals surface area contributed by atoms with Gasteiger partial charge in [0.05, 0.1) is 0 Å². The zero-order valence-electron chi connectivity index (χ0n) is 16.8. The summed E-state index contributed by atoms with van der Waals surface area (Å²) in [6.45, 7) is 5.55. The average molecular weight is 386 g/mol. The first kappa shape index (κ1) is 19.2. The van der Waals surface area contributed by atoms with Crippen molar-refractivity contribution in [3.05, 3.63) is 96.1 Å². The largest absolute Gasteiger partial charge is 0.369 e. The van der Waals surface area contributed by atoms with Gasteiger partial charge in [-0.2, -0.15) is 0 Å². The van der Waals surface area contributed by atoms with Gasteiger partial charge in [-0.3, -0.25) is 9.69 Å². The molecule has 1 heterocycles. The summed E-state index contributed by atoms with van der Waals surface area (Å²) in [5.74, 6) is 0.0215. The lowest BCUT2D eigenvalue weighted by molar-refractivity contribution is -0.121. The summed E-state index contributed by atoms with van der Waals surface area (Å²) >= 11 is 0. The van der Waals surface area contributed by atoms with Gasteiger partial charge in [-0.15, -0.1) is 0 Å². The van der Waals surface area contributed by atoms with E-state index in [2.05, 4.69) is 39.4 Å². The Morgan fingerprint density at radius 3 is 2.00 bits per heavy atom. The number of benzene rings is 3. The van der Waals surface area contributed by atoms with E-state index in [4.69, 9.17) is 0 Å². The van der Waals surface area contributed by atoms with Gasteiger partial charge in [-0.1, -0.05) is 66.2 Å². The number of amides is 1. The molecule has 0 radical (unpaired) electrons. The molecule has 1 saturated heterocycles. The zero-order chi connectivity index (χ0) is 20.1. The summed E-state index contributed by atoms with van der Waals surface area (Å²) in [5.41, 5.74) is 4.29. The number of aryl methyl sites for hydroxylation is 1. The molecule has 0 aromatic heterocycles. The van der Waals surface area contributed by atoms with Crippen molar-refractivity contribution in [2.24, 2.45) is 0 Å². The minimum atomic E-state index is -0.296. The number of nitrogens with zero attached hydrogens (tertiary/aromatic N) is 2. The number of rotatable bonds is 5. The molecule has 148 valence electrons. The van der Waals surface area contributed by atoms with E-state index in [1.165, 1.54) is 11.3 Å². The molecule has 0 saturated carbocycles. The number of hydrogen-bond acceptors (Lipinski definition) is 3. The third-order valence-corrected chi connectivity index (χ3v) is 5.48. The topological polar surface area (TPSA) is 35.6 Å². The molecule has 29 heavy (non-hydrogen) atoms. The van der Waals surface area contributed by atoms with Crippen molar-refractivity contribution < 1.29 is 4.79 Å². The first-order valence-electron chi connectivity index (χ1n) is 10.2. The summed E-state index contributed by atoms with van der Waals surface area (Å²) < 4.78 is 0. The lowest BCUT2D eigenvalue weighted by Crippen LogP contribution is -2.50. The molecule has 3 aromatic rings. The fraction of sp³-hybridized carbons (Fsp3) is 0.240. The Kier molecular flexibility index (Phi) is 5.92. The molecule has 1 aliphatic heterocycles. The van der Waals surface area contributed by atoms with Crippen LogP contribution in [0.4, 0.5) is 11.4 Å². The van der Waals surface area contributed by atoms with Crippen molar-refractivity contribution in [3.63, 3.8) is 0 Å². The number of para-hydroxylation sites is 1. The third kappa shape index (κ3) is 4.66. The SMILES string of the molecule is Cc1ccc(NC(=O)[C@H](c2ccccc2)N2CCN(c3ccccc3)CC2)cc1. The quantitative estimate of drug-likeness (QED) is 0.703. The molecule has 1 N–H and O–H groups in total. The molecule has 0 bridgehead atoms. The van der Waals surface area contributed by atoms with E-state index >= 15 is 0 Å². The molecule has 4 nitrogen and oxygen atoms in total. The van der Waals surface area contributed by atoms with Crippen LogP contribution >= 0.6 is 0 Å². The highest BCUT2D eigenvalue weighted by atomic mass is 16.2. The van der Waals surface area contributed by atoms with Crippen LogP contribution in [0.25, 0.3) is 0 Å². The molecular weight excluding hydrogens is 358 g/mol. The normalized spacial score (nSPS) is 15.7. The Morgan fingerprint density at radius 2 is 1.38 bits per heavy atom. The third-order valence-electron chi connectivity index (χ3n) is 5.48. The van der Waals surface area contributed by atoms with Crippen LogP contribution in [0.15, 0.2) is 84.9 Å². The van der Waals surface area contributed by atoms with Crippen LogP contribution in [-0.2, 0) is 4.79 Å². The first-order chi connectivity index (χ1) is 14.2. The molecule has 4 heteroatoms. The molecule has 1 fully saturated rings. The summed E-state index contributed by atoms with van der Waals surface area (Å²) in [6, 6.07) is 28.2. The minimum absolute atomic E-state index is 0.0215. The molecule has 3 aromatic carbocycles. The average Bonchev–Trinajstić information content (AvgIpc) is 2.77. The van der Waals surface area contributed by atoms with Gasteiger partial charge in [0, 0.05) is 37.6 Å². The van der Waals surface area contributed by atoms with Gasteiger partial charge in [0.15, 0.2) is 0 Å². The molecule has 0 aliphatic carbocycles.